The number of nitrogens with one attached hydrogen (secondary N) is 2. The second-order valence-electron chi connectivity index (χ2n) is 12.0. The van der Waals surface area contributed by atoms with Gasteiger partial charge < -0.3 is 19.9 Å². The summed E-state index contributed by atoms with van der Waals surface area (Å²) in [5.41, 5.74) is -0.361. The molecule has 0 spiro atoms. The Labute approximate surface area is 259 Å². The van der Waals surface area contributed by atoms with Crippen molar-refractivity contribution >= 4 is 56.7 Å². The summed E-state index contributed by atoms with van der Waals surface area (Å²) < 4.78 is 63.0. The van der Waals surface area contributed by atoms with Crippen molar-refractivity contribution in [3.63, 3.8) is 0 Å². The van der Waals surface area contributed by atoms with Gasteiger partial charge >= 0.3 is 12.1 Å². The highest BCUT2D eigenvalue weighted by Crippen LogP contribution is 2.42. The number of hydrogen-bond donors (Lipinski definition) is 2. The number of urea groups is 1. The zero-order chi connectivity index (χ0) is 32.0. The van der Waals surface area contributed by atoms with E-state index in [9.17, 15) is 31.6 Å². The van der Waals surface area contributed by atoms with Gasteiger partial charge in [-0.1, -0.05) is 11.6 Å². The number of piperidine rings is 1. The molecule has 0 aromatic heterocycles. The van der Waals surface area contributed by atoms with E-state index < -0.39 is 45.1 Å². The van der Waals surface area contributed by atoms with E-state index in [2.05, 4.69) is 5.32 Å². The molecule has 4 amide bonds. The van der Waals surface area contributed by atoms with Crippen molar-refractivity contribution in [2.75, 3.05) is 40.7 Å². The van der Waals surface area contributed by atoms with E-state index in [1.165, 1.54) is 21.9 Å². The molecule has 44 heavy (non-hydrogen) atoms. The molecule has 0 aliphatic carbocycles. The van der Waals surface area contributed by atoms with E-state index in [0.717, 1.165) is 12.1 Å². The van der Waals surface area contributed by atoms with Crippen LogP contribution in [0.1, 0.15) is 52.0 Å². The highest BCUT2D eigenvalue weighted by Gasteiger charge is 2.36. The number of nitrogens with zero attached hydrogens (tertiary/aromatic N) is 3. The molecule has 2 saturated heterocycles. The number of fused-ring (bicyclic) bond motifs is 1. The van der Waals surface area contributed by atoms with Gasteiger partial charge in [-0.25, -0.2) is 26.8 Å². The number of amides is 4. The second kappa shape index (κ2) is 12.0. The smallest absolute Gasteiger partial charge is 0.410 e. The first-order valence-electron chi connectivity index (χ1n) is 14.3. The van der Waals surface area contributed by atoms with Crippen LogP contribution < -0.4 is 19.8 Å². The van der Waals surface area contributed by atoms with Gasteiger partial charge in [-0.2, -0.15) is 0 Å². The van der Waals surface area contributed by atoms with Crippen molar-refractivity contribution in [2.45, 2.75) is 69.4 Å². The fourth-order valence-electron chi connectivity index (χ4n) is 5.58. The first kappa shape index (κ1) is 31.8. The van der Waals surface area contributed by atoms with Gasteiger partial charge in [-0.3, -0.25) is 14.4 Å². The Morgan fingerprint density at radius 2 is 1.66 bits per heavy atom. The van der Waals surface area contributed by atoms with E-state index in [4.69, 9.17) is 16.3 Å². The van der Waals surface area contributed by atoms with Crippen LogP contribution in [0.25, 0.3) is 0 Å². The third-order valence-corrected chi connectivity index (χ3v) is 9.20. The number of likely N-dealkylation sites (tertiary alicyclic amines) is 1. The van der Waals surface area contributed by atoms with Gasteiger partial charge in [0.25, 0.3) is 10.0 Å². The molecule has 2 fully saturated rings. The lowest BCUT2D eigenvalue weighted by Crippen LogP contribution is -2.50. The molecule has 0 saturated carbocycles. The van der Waals surface area contributed by atoms with Crippen molar-refractivity contribution in [2.24, 2.45) is 0 Å². The molecule has 0 bridgehead atoms. The fraction of sp³-hybridized carbons (Fsp3) is 0.483. The Bertz CT molecular complexity index is 1580. The molecular formula is C29H34ClF2N5O6S. The first-order chi connectivity index (χ1) is 20.6. The van der Waals surface area contributed by atoms with Crippen molar-refractivity contribution < 1.29 is 36.3 Å². The lowest BCUT2D eigenvalue weighted by molar-refractivity contribution is -0.117. The predicted molar refractivity (Wildman–Crippen MR) is 161 cm³/mol. The normalized spacial score (nSPS) is 17.6. The van der Waals surface area contributed by atoms with Gasteiger partial charge in [0, 0.05) is 43.7 Å². The van der Waals surface area contributed by atoms with E-state index in [1.54, 1.807) is 25.7 Å². The molecule has 5 rings (SSSR count). The van der Waals surface area contributed by atoms with Crippen LogP contribution in [-0.2, 0) is 26.0 Å². The number of ether oxygens (including phenoxy) is 1. The Hall–Kier alpha value is -3.65. The highest BCUT2D eigenvalue weighted by atomic mass is 35.5. The molecule has 2 aromatic rings. The Balaban J connectivity index is 1.38. The summed E-state index contributed by atoms with van der Waals surface area (Å²) in [6, 6.07) is 3.55. The molecule has 3 aliphatic rings. The fourth-order valence-corrected chi connectivity index (χ4v) is 6.92. The quantitative estimate of drug-likeness (QED) is 0.467. The van der Waals surface area contributed by atoms with Crippen molar-refractivity contribution in [3.8, 4) is 0 Å². The molecular weight excluding hydrogens is 620 g/mol. The summed E-state index contributed by atoms with van der Waals surface area (Å²) in [5.74, 6) is -2.60. The average molecular weight is 654 g/mol. The Morgan fingerprint density at radius 1 is 1.00 bits per heavy atom. The van der Waals surface area contributed by atoms with E-state index in [0.29, 0.717) is 56.6 Å². The van der Waals surface area contributed by atoms with Crippen LogP contribution in [0.3, 0.4) is 0 Å². The van der Waals surface area contributed by atoms with Gasteiger partial charge in [-0.05, 0) is 76.3 Å². The Kier molecular flexibility index (Phi) is 8.69. The number of benzene rings is 2. The van der Waals surface area contributed by atoms with Gasteiger partial charge in [0.1, 0.15) is 11.3 Å². The SMILES string of the molecule is CC(C)(C)OC(=O)N1CCC(NC(=O)N2CCc3cc(S(=O)(=O)Nc4c(F)cc(Cl)cc4F)cc(N4CCCC4=O)c32)CC1. The Morgan fingerprint density at radius 3 is 2.25 bits per heavy atom. The molecule has 2 aromatic carbocycles. The molecule has 11 nitrogen and oxygen atoms in total. The lowest BCUT2D eigenvalue weighted by Gasteiger charge is -2.34. The van der Waals surface area contributed by atoms with Crippen LogP contribution in [-0.4, -0.2) is 69.2 Å². The maximum atomic E-state index is 14.4. The topological polar surface area (TPSA) is 128 Å². The maximum absolute atomic E-state index is 14.4. The van der Waals surface area contributed by atoms with Gasteiger partial charge in [0.05, 0.1) is 16.3 Å². The standard InChI is InChI=1S/C29H34ClF2N5O6S/c1-29(2,3)43-28(40)35-10-7-19(8-11-35)33-27(39)37-12-6-17-13-20(16-23(26(17)37)36-9-4-5-24(36)38)44(41,42)34-25-21(31)14-18(30)15-22(25)32/h13-16,19,34H,4-12H2,1-3H3,(H,33,39). The number of carbonyl (C=O) groups excluding carboxylic acids is 3. The average Bonchev–Trinajstić information content (AvgIpc) is 3.56. The number of anilines is 3. The summed E-state index contributed by atoms with van der Waals surface area (Å²) in [6.07, 6.45) is 1.73. The van der Waals surface area contributed by atoms with Gasteiger partial charge in [0.15, 0.2) is 11.6 Å². The van der Waals surface area contributed by atoms with Crippen molar-refractivity contribution in [1.29, 1.82) is 0 Å². The van der Waals surface area contributed by atoms with Gasteiger partial charge in [-0.15, -0.1) is 0 Å². The third kappa shape index (κ3) is 6.70. The number of halogens is 3. The lowest BCUT2D eigenvalue weighted by atomic mass is 10.1. The molecule has 3 heterocycles. The zero-order valence-electron chi connectivity index (χ0n) is 24.6. The second-order valence-corrected chi connectivity index (χ2v) is 14.2. The van der Waals surface area contributed by atoms with Crippen LogP contribution in [0.4, 0.5) is 35.4 Å². The zero-order valence-corrected chi connectivity index (χ0v) is 26.2. The largest absolute Gasteiger partial charge is 0.444 e. The van der Waals surface area contributed by atoms with Crippen LogP contribution in [0.5, 0.6) is 0 Å². The molecule has 0 unspecified atom stereocenters. The van der Waals surface area contributed by atoms with Crippen LogP contribution >= 0.6 is 11.6 Å². The molecule has 0 atom stereocenters. The van der Waals surface area contributed by atoms with E-state index >= 15 is 0 Å². The van der Waals surface area contributed by atoms with Crippen molar-refractivity contribution in [3.05, 3.63) is 46.5 Å². The minimum absolute atomic E-state index is 0.213. The predicted octanol–water partition coefficient (Wildman–Crippen LogP) is 5.02. The molecule has 2 N–H and O–H groups in total. The van der Waals surface area contributed by atoms with E-state index in [1.807, 2.05) is 4.72 Å². The summed E-state index contributed by atoms with van der Waals surface area (Å²) in [5, 5.41) is 2.78. The minimum atomic E-state index is -4.52. The highest BCUT2D eigenvalue weighted by molar-refractivity contribution is 7.92. The summed E-state index contributed by atoms with van der Waals surface area (Å²) >= 11 is 5.67. The van der Waals surface area contributed by atoms with Gasteiger partial charge in [0.2, 0.25) is 5.91 Å². The minimum Gasteiger partial charge on any atom is -0.444 e. The number of rotatable bonds is 5. The molecule has 0 radical (unpaired) electrons. The molecule has 238 valence electrons. The van der Waals surface area contributed by atoms with Crippen LogP contribution in [0.15, 0.2) is 29.2 Å². The number of sulfonamides is 1. The van der Waals surface area contributed by atoms with Crippen LogP contribution in [0, 0.1) is 11.6 Å². The molecule has 15 heteroatoms. The number of carbonyl (C=O) groups is 3. The molecule has 3 aliphatic heterocycles. The maximum Gasteiger partial charge on any atom is 0.410 e. The summed E-state index contributed by atoms with van der Waals surface area (Å²) in [6.45, 7) is 6.75. The van der Waals surface area contributed by atoms with Crippen LogP contribution in [0.2, 0.25) is 5.02 Å². The monoisotopic (exact) mass is 653 g/mol. The number of hydrogen-bond acceptors (Lipinski definition) is 6. The summed E-state index contributed by atoms with van der Waals surface area (Å²) in [4.78, 5) is 43.0. The summed E-state index contributed by atoms with van der Waals surface area (Å²) in [7, 11) is -4.52. The third-order valence-electron chi connectivity index (χ3n) is 7.65. The van der Waals surface area contributed by atoms with E-state index in [-0.39, 0.29) is 40.5 Å². The van der Waals surface area contributed by atoms with Crippen molar-refractivity contribution in [1.82, 2.24) is 10.2 Å². The first-order valence-corrected chi connectivity index (χ1v) is 16.2.